The van der Waals surface area contributed by atoms with Crippen molar-refractivity contribution in [2.24, 2.45) is 5.92 Å². The van der Waals surface area contributed by atoms with Crippen LogP contribution in [-0.4, -0.2) is 11.1 Å². The fourth-order valence-corrected chi connectivity index (χ4v) is 1.32. The van der Waals surface area contributed by atoms with E-state index in [1.807, 2.05) is 6.92 Å². The van der Waals surface area contributed by atoms with Crippen LogP contribution in [0.3, 0.4) is 0 Å². The van der Waals surface area contributed by atoms with Crippen LogP contribution < -0.4 is 0 Å². The van der Waals surface area contributed by atoms with Crippen LogP contribution in [-0.2, 0) is 4.79 Å². The molecule has 3 nitrogen and oxygen atoms in total. The normalized spacial score (nSPS) is 12.0. The fourth-order valence-electron chi connectivity index (χ4n) is 1.32. The minimum atomic E-state index is -0.705. The molecule has 1 N–H and O–H groups in total. The van der Waals surface area contributed by atoms with Gasteiger partial charge in [0.05, 0.1) is 6.07 Å². The molecule has 0 heterocycles. The van der Waals surface area contributed by atoms with Crippen LogP contribution in [0.15, 0.2) is 0 Å². The second-order valence-corrected chi connectivity index (χ2v) is 3.73. The Bertz CT molecular complexity index is 196. The number of rotatable bonds is 8. The highest BCUT2D eigenvalue weighted by Crippen LogP contribution is 2.11. The highest BCUT2D eigenvalue weighted by atomic mass is 16.4. The topological polar surface area (TPSA) is 61.1 Å². The summed E-state index contributed by atoms with van der Waals surface area (Å²) < 4.78 is 0. The van der Waals surface area contributed by atoms with E-state index in [9.17, 15) is 4.79 Å². The summed E-state index contributed by atoms with van der Waals surface area (Å²) in [6.07, 6.45) is 6.32. The summed E-state index contributed by atoms with van der Waals surface area (Å²) in [4.78, 5) is 10.2. The van der Waals surface area contributed by atoms with Crippen LogP contribution >= 0.6 is 0 Å². The highest BCUT2D eigenvalue weighted by Gasteiger charge is 1.99. The predicted molar refractivity (Wildman–Crippen MR) is 54.7 cm³/mol. The van der Waals surface area contributed by atoms with Gasteiger partial charge in [-0.2, -0.15) is 5.26 Å². The fraction of sp³-hybridized carbons (Fsp3) is 0.818. The van der Waals surface area contributed by atoms with Gasteiger partial charge in [-0.15, -0.1) is 0 Å². The third-order valence-electron chi connectivity index (χ3n) is 2.25. The summed E-state index contributed by atoms with van der Waals surface area (Å²) >= 11 is 0. The van der Waals surface area contributed by atoms with Gasteiger partial charge in [0, 0.05) is 12.3 Å². The summed E-state index contributed by atoms with van der Waals surface area (Å²) in [6, 6.07) is 2.20. The molecule has 0 saturated carbocycles. The lowest BCUT2D eigenvalue weighted by Gasteiger charge is -2.01. The number of nitriles is 1. The van der Waals surface area contributed by atoms with Crippen molar-refractivity contribution in [2.45, 2.75) is 51.9 Å². The van der Waals surface area contributed by atoms with Gasteiger partial charge in [0.1, 0.15) is 0 Å². The average molecular weight is 197 g/mol. The van der Waals surface area contributed by atoms with Gasteiger partial charge in [-0.3, -0.25) is 4.79 Å². The van der Waals surface area contributed by atoms with Crippen molar-refractivity contribution in [1.82, 2.24) is 0 Å². The molecule has 0 aliphatic heterocycles. The summed E-state index contributed by atoms with van der Waals surface area (Å²) in [6.45, 7) is 1.93. The molecule has 0 rings (SSSR count). The van der Waals surface area contributed by atoms with E-state index in [-0.39, 0.29) is 12.3 Å². The summed E-state index contributed by atoms with van der Waals surface area (Å²) in [5, 5.41) is 16.9. The minimum Gasteiger partial charge on any atom is -0.481 e. The van der Waals surface area contributed by atoms with Crippen LogP contribution in [0.25, 0.3) is 0 Å². The van der Waals surface area contributed by atoms with Gasteiger partial charge >= 0.3 is 5.97 Å². The number of nitrogens with zero attached hydrogens (tertiary/aromatic N) is 1. The van der Waals surface area contributed by atoms with Gasteiger partial charge in [0.25, 0.3) is 0 Å². The number of hydrogen-bond acceptors (Lipinski definition) is 2. The predicted octanol–water partition coefficient (Wildman–Crippen LogP) is 2.96. The lowest BCUT2D eigenvalue weighted by molar-refractivity contribution is -0.137. The molecule has 0 aromatic heterocycles. The highest BCUT2D eigenvalue weighted by molar-refractivity contribution is 5.66. The molecule has 1 unspecified atom stereocenters. The summed E-state index contributed by atoms with van der Waals surface area (Å²) in [7, 11) is 0. The SMILES string of the molecule is CC(C#N)CCCCCCCC(=O)O. The van der Waals surface area contributed by atoms with E-state index >= 15 is 0 Å². The van der Waals surface area contributed by atoms with Crippen molar-refractivity contribution in [2.75, 3.05) is 0 Å². The second kappa shape index (κ2) is 8.55. The number of aliphatic carboxylic acids is 1. The Morgan fingerprint density at radius 1 is 1.29 bits per heavy atom. The van der Waals surface area contributed by atoms with Gasteiger partial charge in [-0.05, 0) is 19.8 Å². The van der Waals surface area contributed by atoms with Gasteiger partial charge in [-0.25, -0.2) is 0 Å². The molecule has 0 fully saturated rings. The number of carbonyl (C=O) groups is 1. The second-order valence-electron chi connectivity index (χ2n) is 3.73. The van der Waals surface area contributed by atoms with Crippen LogP contribution in [0.2, 0.25) is 0 Å². The first-order chi connectivity index (χ1) is 6.66. The van der Waals surface area contributed by atoms with E-state index in [0.717, 1.165) is 38.5 Å². The van der Waals surface area contributed by atoms with Crippen molar-refractivity contribution in [1.29, 1.82) is 5.26 Å². The van der Waals surface area contributed by atoms with Crippen molar-refractivity contribution >= 4 is 5.97 Å². The molecule has 1 atom stereocenters. The Morgan fingerprint density at radius 3 is 2.43 bits per heavy atom. The monoisotopic (exact) mass is 197 g/mol. The van der Waals surface area contributed by atoms with E-state index in [1.54, 1.807) is 0 Å². The van der Waals surface area contributed by atoms with Gasteiger partial charge in [0.2, 0.25) is 0 Å². The van der Waals surface area contributed by atoms with E-state index in [4.69, 9.17) is 10.4 Å². The molecule has 80 valence electrons. The Balaban J connectivity index is 3.07. The maximum absolute atomic E-state index is 10.2. The van der Waals surface area contributed by atoms with Crippen LogP contribution in [0.1, 0.15) is 51.9 Å². The minimum absolute atomic E-state index is 0.161. The van der Waals surface area contributed by atoms with E-state index in [2.05, 4.69) is 6.07 Å². The molecule has 0 aliphatic carbocycles. The van der Waals surface area contributed by atoms with Crippen LogP contribution in [0.4, 0.5) is 0 Å². The number of carboxylic acid groups (broad SMARTS) is 1. The Labute approximate surface area is 85.7 Å². The first-order valence-corrected chi connectivity index (χ1v) is 5.28. The molecule has 14 heavy (non-hydrogen) atoms. The Kier molecular flexibility index (Phi) is 7.92. The van der Waals surface area contributed by atoms with Crippen molar-refractivity contribution in [3.63, 3.8) is 0 Å². The van der Waals surface area contributed by atoms with E-state index < -0.39 is 5.97 Å². The zero-order valence-electron chi connectivity index (χ0n) is 8.83. The summed E-state index contributed by atoms with van der Waals surface area (Å²) in [5.74, 6) is -0.544. The molecule has 0 radical (unpaired) electrons. The molecule has 0 spiro atoms. The number of unbranched alkanes of at least 4 members (excludes halogenated alkanes) is 4. The van der Waals surface area contributed by atoms with Crippen molar-refractivity contribution < 1.29 is 9.90 Å². The van der Waals surface area contributed by atoms with E-state index in [0.29, 0.717) is 0 Å². The molecular formula is C11H19NO2. The zero-order valence-corrected chi connectivity index (χ0v) is 8.83. The lowest BCUT2D eigenvalue weighted by atomic mass is 10.0. The maximum Gasteiger partial charge on any atom is 0.303 e. The molecule has 0 saturated heterocycles. The van der Waals surface area contributed by atoms with Gasteiger partial charge in [-0.1, -0.05) is 25.7 Å². The molecular weight excluding hydrogens is 178 g/mol. The first-order valence-electron chi connectivity index (χ1n) is 5.28. The Morgan fingerprint density at radius 2 is 1.86 bits per heavy atom. The Hall–Kier alpha value is -1.04. The largest absolute Gasteiger partial charge is 0.481 e. The molecule has 3 heteroatoms. The van der Waals surface area contributed by atoms with Gasteiger partial charge in [0.15, 0.2) is 0 Å². The standard InChI is InChI=1S/C11H19NO2/c1-10(9-12)7-5-3-2-4-6-8-11(13)14/h10H,2-8H2,1H3,(H,13,14). The lowest BCUT2D eigenvalue weighted by Crippen LogP contribution is -1.94. The third-order valence-corrected chi connectivity index (χ3v) is 2.25. The van der Waals surface area contributed by atoms with E-state index in [1.165, 1.54) is 0 Å². The maximum atomic E-state index is 10.2. The smallest absolute Gasteiger partial charge is 0.303 e. The average Bonchev–Trinajstić information content (AvgIpc) is 2.15. The zero-order chi connectivity index (χ0) is 10.8. The van der Waals surface area contributed by atoms with Crippen LogP contribution in [0, 0.1) is 17.2 Å². The van der Waals surface area contributed by atoms with Crippen molar-refractivity contribution in [3.8, 4) is 6.07 Å². The van der Waals surface area contributed by atoms with Crippen molar-refractivity contribution in [3.05, 3.63) is 0 Å². The van der Waals surface area contributed by atoms with Gasteiger partial charge < -0.3 is 5.11 Å². The molecule has 0 aromatic carbocycles. The molecule has 0 aromatic rings. The molecule has 0 amide bonds. The number of carboxylic acids is 1. The summed E-state index contributed by atoms with van der Waals surface area (Å²) in [5.41, 5.74) is 0. The molecule has 0 aliphatic rings. The van der Waals surface area contributed by atoms with Crippen LogP contribution in [0.5, 0.6) is 0 Å². The number of hydrogen-bond donors (Lipinski definition) is 1. The first kappa shape index (κ1) is 13.0. The third kappa shape index (κ3) is 9.05. The quantitative estimate of drug-likeness (QED) is 0.608. The molecule has 0 bridgehead atoms.